The Kier molecular flexibility index (Phi) is 2.96. The van der Waals surface area contributed by atoms with Gasteiger partial charge in [0.15, 0.2) is 5.13 Å². The third-order valence-electron chi connectivity index (χ3n) is 3.76. The van der Waals surface area contributed by atoms with Crippen molar-refractivity contribution >= 4 is 32.6 Å². The van der Waals surface area contributed by atoms with E-state index in [0.717, 1.165) is 29.0 Å². The lowest BCUT2D eigenvalue weighted by molar-refractivity contribution is -0.137. The summed E-state index contributed by atoms with van der Waals surface area (Å²) in [5.41, 5.74) is 1.26. The molecule has 7 heteroatoms. The number of hydrogen-bond acceptors (Lipinski definition) is 3. The Balaban J connectivity index is 1.75. The lowest BCUT2D eigenvalue weighted by Gasteiger charge is -2.10. The zero-order valence-corrected chi connectivity index (χ0v) is 12.4. The monoisotopic (exact) mass is 334 g/mol. The molecule has 0 saturated carbocycles. The summed E-state index contributed by atoms with van der Waals surface area (Å²) in [6, 6.07) is 10.7. The van der Waals surface area contributed by atoms with Gasteiger partial charge in [0, 0.05) is 5.56 Å². The smallest absolute Gasteiger partial charge is 0.279 e. The molecule has 1 aliphatic heterocycles. The first-order chi connectivity index (χ1) is 10.9. The first-order valence-corrected chi connectivity index (χ1v) is 7.63. The molecule has 1 aromatic heterocycles. The molecule has 0 saturated heterocycles. The summed E-state index contributed by atoms with van der Waals surface area (Å²) >= 11 is 1.09. The average molecular weight is 334 g/mol. The van der Waals surface area contributed by atoms with Crippen molar-refractivity contribution < 1.29 is 18.0 Å². The fraction of sp³-hybridized carbons (Fsp3) is 0.125. The van der Waals surface area contributed by atoms with E-state index < -0.39 is 11.7 Å². The van der Waals surface area contributed by atoms with Crippen molar-refractivity contribution in [1.29, 1.82) is 0 Å². The first-order valence-electron chi connectivity index (χ1n) is 6.81. The summed E-state index contributed by atoms with van der Waals surface area (Å²) < 4.78 is 38.8. The van der Waals surface area contributed by atoms with Crippen LogP contribution in [0.1, 0.15) is 21.5 Å². The van der Waals surface area contributed by atoms with Gasteiger partial charge in [0.05, 0.1) is 22.3 Å². The third kappa shape index (κ3) is 2.28. The number of aromatic nitrogens is 1. The van der Waals surface area contributed by atoms with Gasteiger partial charge in [0.2, 0.25) is 0 Å². The maximum Gasteiger partial charge on any atom is 0.416 e. The average Bonchev–Trinajstić information content (AvgIpc) is 3.07. The van der Waals surface area contributed by atoms with Crippen LogP contribution in [0.5, 0.6) is 0 Å². The van der Waals surface area contributed by atoms with E-state index in [4.69, 9.17) is 0 Å². The van der Waals surface area contributed by atoms with Gasteiger partial charge in [-0.25, -0.2) is 4.98 Å². The Morgan fingerprint density at radius 3 is 2.65 bits per heavy atom. The Morgan fingerprint density at radius 2 is 1.91 bits per heavy atom. The van der Waals surface area contributed by atoms with Crippen molar-refractivity contribution in [2.45, 2.75) is 12.7 Å². The first kappa shape index (κ1) is 14.2. The van der Waals surface area contributed by atoms with E-state index in [9.17, 15) is 18.0 Å². The number of anilines is 1. The molecule has 116 valence electrons. The number of carbonyl (C=O) groups is 1. The molecule has 0 spiro atoms. The molecule has 0 fully saturated rings. The summed E-state index contributed by atoms with van der Waals surface area (Å²) in [6.45, 7) is 0.390. The number of alkyl halides is 3. The molecular weight excluding hydrogens is 325 g/mol. The molecule has 0 radical (unpaired) electrons. The second kappa shape index (κ2) is 4.79. The molecule has 0 atom stereocenters. The van der Waals surface area contributed by atoms with Crippen LogP contribution in [0.15, 0.2) is 42.5 Å². The molecule has 2 aromatic carbocycles. The number of amides is 1. The lowest BCUT2D eigenvalue weighted by Crippen LogP contribution is -2.22. The number of fused-ring (bicyclic) bond motifs is 2. The largest absolute Gasteiger partial charge is 0.416 e. The van der Waals surface area contributed by atoms with Gasteiger partial charge in [-0.2, -0.15) is 13.2 Å². The van der Waals surface area contributed by atoms with Gasteiger partial charge >= 0.3 is 6.18 Å². The molecule has 0 unspecified atom stereocenters. The van der Waals surface area contributed by atoms with Crippen LogP contribution < -0.4 is 4.90 Å². The predicted molar refractivity (Wildman–Crippen MR) is 81.6 cm³/mol. The highest BCUT2D eigenvalue weighted by Crippen LogP contribution is 2.37. The second-order valence-electron chi connectivity index (χ2n) is 5.23. The molecule has 3 nitrogen and oxygen atoms in total. The summed E-state index contributed by atoms with van der Waals surface area (Å²) in [6.07, 6.45) is -4.39. The van der Waals surface area contributed by atoms with Gasteiger partial charge in [0.25, 0.3) is 5.91 Å². The number of halogens is 3. The van der Waals surface area contributed by atoms with E-state index in [1.54, 1.807) is 12.1 Å². The summed E-state index contributed by atoms with van der Waals surface area (Å²) in [5.74, 6) is -0.171. The number of hydrogen-bond donors (Lipinski definition) is 0. The van der Waals surface area contributed by atoms with Crippen molar-refractivity contribution in [2.75, 3.05) is 4.90 Å². The van der Waals surface area contributed by atoms with Gasteiger partial charge in [0.1, 0.15) is 0 Å². The van der Waals surface area contributed by atoms with Crippen LogP contribution >= 0.6 is 11.3 Å². The van der Waals surface area contributed by atoms with Gasteiger partial charge in [-0.15, -0.1) is 0 Å². The minimum absolute atomic E-state index is 0.171. The Morgan fingerprint density at radius 1 is 1.13 bits per heavy atom. The molecule has 3 aromatic rings. The summed E-state index contributed by atoms with van der Waals surface area (Å²) in [5, 5.41) is 0.417. The van der Waals surface area contributed by atoms with E-state index in [1.807, 2.05) is 12.1 Å². The van der Waals surface area contributed by atoms with Gasteiger partial charge in [-0.05, 0) is 29.8 Å². The minimum atomic E-state index is -4.39. The van der Waals surface area contributed by atoms with Gasteiger partial charge in [-0.1, -0.05) is 29.5 Å². The topological polar surface area (TPSA) is 33.2 Å². The number of benzene rings is 2. The van der Waals surface area contributed by atoms with Crippen molar-refractivity contribution in [3.05, 3.63) is 59.2 Å². The van der Waals surface area contributed by atoms with Crippen LogP contribution in [0.3, 0.4) is 0 Å². The Labute approximate surface area is 133 Å². The minimum Gasteiger partial charge on any atom is -0.279 e. The van der Waals surface area contributed by atoms with Crippen LogP contribution in [-0.4, -0.2) is 10.9 Å². The van der Waals surface area contributed by atoms with E-state index in [1.165, 1.54) is 11.0 Å². The fourth-order valence-electron chi connectivity index (χ4n) is 2.61. The predicted octanol–water partition coefficient (Wildman–Crippen LogP) is 4.48. The Bertz CT molecular complexity index is 932. The maximum absolute atomic E-state index is 12.8. The zero-order valence-electron chi connectivity index (χ0n) is 11.6. The fourth-order valence-corrected chi connectivity index (χ4v) is 3.62. The van der Waals surface area contributed by atoms with Crippen LogP contribution in [-0.2, 0) is 12.7 Å². The highest BCUT2D eigenvalue weighted by Gasteiger charge is 2.32. The molecule has 1 aliphatic rings. The van der Waals surface area contributed by atoms with Crippen LogP contribution in [0.4, 0.5) is 18.3 Å². The van der Waals surface area contributed by atoms with Crippen molar-refractivity contribution in [1.82, 2.24) is 4.98 Å². The molecule has 2 heterocycles. The van der Waals surface area contributed by atoms with Crippen molar-refractivity contribution in [2.24, 2.45) is 0 Å². The number of carbonyl (C=O) groups excluding carboxylic acids is 1. The normalized spacial score (nSPS) is 14.6. The van der Waals surface area contributed by atoms with Crippen molar-refractivity contribution in [3.8, 4) is 0 Å². The van der Waals surface area contributed by atoms with Crippen LogP contribution in [0.25, 0.3) is 10.2 Å². The van der Waals surface area contributed by atoms with E-state index in [2.05, 4.69) is 4.98 Å². The standard InChI is InChI=1S/C16H9F3N2OS/c17-16(18,19)10-5-6-12-13(7-10)23-15(20-12)21-8-9-3-1-2-4-11(9)14(21)22/h1-7H,8H2. The highest BCUT2D eigenvalue weighted by molar-refractivity contribution is 7.22. The lowest BCUT2D eigenvalue weighted by atomic mass is 10.1. The Hall–Kier alpha value is -2.41. The van der Waals surface area contributed by atoms with Crippen LogP contribution in [0, 0.1) is 0 Å². The van der Waals surface area contributed by atoms with E-state index in [-0.39, 0.29) is 5.91 Å². The maximum atomic E-state index is 12.8. The van der Waals surface area contributed by atoms with E-state index in [0.29, 0.717) is 27.5 Å². The molecule has 0 N–H and O–H groups in total. The number of rotatable bonds is 1. The molecule has 4 rings (SSSR count). The number of thiazole rings is 1. The molecule has 1 amide bonds. The number of nitrogens with zero attached hydrogens (tertiary/aromatic N) is 2. The molecule has 0 bridgehead atoms. The highest BCUT2D eigenvalue weighted by atomic mass is 32.1. The van der Waals surface area contributed by atoms with Crippen molar-refractivity contribution in [3.63, 3.8) is 0 Å². The van der Waals surface area contributed by atoms with E-state index >= 15 is 0 Å². The SMILES string of the molecule is O=C1c2ccccc2CN1c1nc2ccc(C(F)(F)F)cc2s1. The van der Waals surface area contributed by atoms with Gasteiger partial charge in [-0.3, -0.25) is 9.69 Å². The molecular formula is C16H9F3N2OS. The summed E-state index contributed by atoms with van der Waals surface area (Å²) in [7, 11) is 0. The third-order valence-corrected chi connectivity index (χ3v) is 4.80. The molecule has 0 aliphatic carbocycles. The quantitative estimate of drug-likeness (QED) is 0.657. The summed E-state index contributed by atoms with van der Waals surface area (Å²) in [4.78, 5) is 18.2. The molecule has 23 heavy (non-hydrogen) atoms. The van der Waals surface area contributed by atoms with Crippen LogP contribution in [0.2, 0.25) is 0 Å². The second-order valence-corrected chi connectivity index (χ2v) is 6.23. The van der Waals surface area contributed by atoms with Gasteiger partial charge < -0.3 is 0 Å². The zero-order chi connectivity index (χ0) is 16.2.